The summed E-state index contributed by atoms with van der Waals surface area (Å²) in [5.41, 5.74) is 6.45. The van der Waals surface area contributed by atoms with E-state index in [-0.39, 0.29) is 5.97 Å². The van der Waals surface area contributed by atoms with E-state index in [9.17, 15) is 9.00 Å². The molecule has 0 radical (unpaired) electrons. The van der Waals surface area contributed by atoms with Crippen LogP contribution in [0.2, 0.25) is 0 Å². The normalized spacial score (nSPS) is 17.4. The van der Waals surface area contributed by atoms with Crippen molar-refractivity contribution in [1.82, 2.24) is 8.87 Å². The second-order valence-corrected chi connectivity index (χ2v) is 9.43. The van der Waals surface area contributed by atoms with Crippen molar-refractivity contribution in [2.24, 2.45) is 0 Å². The van der Waals surface area contributed by atoms with E-state index in [4.69, 9.17) is 4.74 Å². The predicted octanol–water partition coefficient (Wildman–Crippen LogP) is 3.56. The number of benzene rings is 1. The molecule has 0 N–H and O–H groups in total. The number of hydrogen-bond acceptors (Lipinski definition) is 3. The fourth-order valence-electron chi connectivity index (χ4n) is 4.65. The highest BCUT2D eigenvalue weighted by molar-refractivity contribution is 7.82. The molecule has 2 aromatic rings. The molecule has 0 saturated carbocycles. The Morgan fingerprint density at radius 2 is 1.83 bits per heavy atom. The fraction of sp³-hybridized carbons (Fsp3) is 0.522. The van der Waals surface area contributed by atoms with Gasteiger partial charge in [0, 0.05) is 24.5 Å². The van der Waals surface area contributed by atoms with Crippen LogP contribution in [0.5, 0.6) is 0 Å². The highest BCUT2D eigenvalue weighted by atomic mass is 32.2. The summed E-state index contributed by atoms with van der Waals surface area (Å²) in [5, 5.41) is 0. The number of fused-ring (bicyclic) bond motifs is 1. The Morgan fingerprint density at radius 1 is 1.10 bits per heavy atom. The molecule has 156 valence electrons. The van der Waals surface area contributed by atoms with Crippen LogP contribution in [0.3, 0.4) is 0 Å². The Bertz CT molecular complexity index is 911. The maximum absolute atomic E-state index is 12.7. The van der Waals surface area contributed by atoms with Crippen LogP contribution in [0.1, 0.15) is 54.3 Å². The molecule has 5 nitrogen and oxygen atoms in total. The fourth-order valence-corrected chi connectivity index (χ4v) is 5.91. The Balaban J connectivity index is 1.53. The lowest BCUT2D eigenvalue weighted by Crippen LogP contribution is -2.22. The smallest absolute Gasteiger partial charge is 0.325 e. The molecule has 1 aromatic heterocycles. The van der Waals surface area contributed by atoms with Gasteiger partial charge in [0.25, 0.3) is 0 Å². The number of hydrogen-bond donors (Lipinski definition) is 0. The molecule has 1 aliphatic heterocycles. The average molecular weight is 415 g/mol. The Kier molecular flexibility index (Phi) is 6.20. The molecule has 1 aromatic carbocycles. The number of nitrogens with zero attached hydrogens (tertiary/aromatic N) is 2. The maximum Gasteiger partial charge on any atom is 0.325 e. The van der Waals surface area contributed by atoms with Crippen LogP contribution in [0.25, 0.3) is 0 Å². The first-order valence-electron chi connectivity index (χ1n) is 10.7. The Labute approximate surface area is 175 Å². The zero-order valence-corrected chi connectivity index (χ0v) is 18.2. The van der Waals surface area contributed by atoms with Gasteiger partial charge in [0.2, 0.25) is 0 Å². The molecule has 1 aliphatic carbocycles. The summed E-state index contributed by atoms with van der Waals surface area (Å²) < 4.78 is 22.1. The zero-order chi connectivity index (χ0) is 20.4. The molecule has 0 bridgehead atoms. The van der Waals surface area contributed by atoms with Gasteiger partial charge in [-0.3, -0.25) is 4.79 Å². The van der Waals surface area contributed by atoms with E-state index in [1.54, 1.807) is 0 Å². The molecule has 1 saturated heterocycles. The van der Waals surface area contributed by atoms with Crippen molar-refractivity contribution in [3.8, 4) is 0 Å². The van der Waals surface area contributed by atoms with E-state index >= 15 is 0 Å². The molecule has 29 heavy (non-hydrogen) atoms. The maximum atomic E-state index is 12.7. The van der Waals surface area contributed by atoms with E-state index < -0.39 is 11.0 Å². The summed E-state index contributed by atoms with van der Waals surface area (Å²) in [6, 6.07) is 8.23. The molecule has 2 heterocycles. The average Bonchev–Trinajstić information content (AvgIpc) is 3.45. The standard InChI is InChI=1S/C23H30N2O3S/c1-3-28-23(26)16-25-17(2)21(20-7-6-8-22(20)25)15-18-9-11-19(12-10-18)29(27)24-13-4-5-14-24/h9-12H,3-8,13-16H2,1-2H3. The van der Waals surface area contributed by atoms with Crippen LogP contribution in [-0.2, 0) is 46.3 Å². The van der Waals surface area contributed by atoms with Gasteiger partial charge in [-0.15, -0.1) is 0 Å². The number of rotatable bonds is 7. The number of aromatic nitrogens is 1. The second kappa shape index (κ2) is 8.84. The van der Waals surface area contributed by atoms with Gasteiger partial charge in [-0.05, 0) is 81.2 Å². The molecule has 2 aliphatic rings. The van der Waals surface area contributed by atoms with Crippen LogP contribution in [-0.4, -0.2) is 38.7 Å². The van der Waals surface area contributed by atoms with Crippen molar-refractivity contribution in [3.05, 3.63) is 52.3 Å². The molecule has 0 amide bonds. The van der Waals surface area contributed by atoms with Gasteiger partial charge in [-0.2, -0.15) is 0 Å². The largest absolute Gasteiger partial charge is 0.465 e. The van der Waals surface area contributed by atoms with Crippen molar-refractivity contribution < 1.29 is 13.7 Å². The molecule has 1 unspecified atom stereocenters. The number of ether oxygens (including phenoxy) is 1. The van der Waals surface area contributed by atoms with Gasteiger partial charge in [0.1, 0.15) is 17.5 Å². The number of carbonyl (C=O) groups excluding carboxylic acids is 1. The van der Waals surface area contributed by atoms with Crippen molar-refractivity contribution in [3.63, 3.8) is 0 Å². The second-order valence-electron chi connectivity index (χ2n) is 7.94. The molecular weight excluding hydrogens is 384 g/mol. The Morgan fingerprint density at radius 3 is 2.52 bits per heavy atom. The van der Waals surface area contributed by atoms with Gasteiger partial charge >= 0.3 is 5.97 Å². The van der Waals surface area contributed by atoms with E-state index in [1.807, 2.05) is 19.1 Å². The quantitative estimate of drug-likeness (QED) is 0.651. The highest BCUT2D eigenvalue weighted by Gasteiger charge is 2.25. The van der Waals surface area contributed by atoms with Crippen molar-refractivity contribution in [2.75, 3.05) is 19.7 Å². The number of esters is 1. The molecule has 6 heteroatoms. The Hall–Kier alpha value is -1.92. The van der Waals surface area contributed by atoms with Crippen LogP contribution < -0.4 is 0 Å². The summed E-state index contributed by atoms with van der Waals surface area (Å²) in [4.78, 5) is 13.0. The van der Waals surface area contributed by atoms with E-state index in [0.717, 1.165) is 56.5 Å². The first kappa shape index (κ1) is 20.4. The topological polar surface area (TPSA) is 51.5 Å². The third kappa shape index (κ3) is 4.19. The van der Waals surface area contributed by atoms with Gasteiger partial charge < -0.3 is 9.30 Å². The lowest BCUT2D eigenvalue weighted by molar-refractivity contribution is -0.143. The van der Waals surface area contributed by atoms with Gasteiger partial charge in [0.05, 0.1) is 11.5 Å². The van der Waals surface area contributed by atoms with Crippen LogP contribution in [0.15, 0.2) is 29.2 Å². The minimum Gasteiger partial charge on any atom is -0.465 e. The summed E-state index contributed by atoms with van der Waals surface area (Å²) in [6.45, 7) is 6.52. The van der Waals surface area contributed by atoms with E-state index in [0.29, 0.717) is 13.2 Å². The third-order valence-corrected chi connectivity index (χ3v) is 7.63. The van der Waals surface area contributed by atoms with Crippen LogP contribution >= 0.6 is 0 Å². The van der Waals surface area contributed by atoms with E-state index in [1.165, 1.54) is 28.1 Å². The molecule has 1 atom stereocenters. The predicted molar refractivity (Wildman–Crippen MR) is 114 cm³/mol. The first-order valence-corrected chi connectivity index (χ1v) is 11.8. The SMILES string of the molecule is CCOC(=O)Cn1c(C)c(Cc2ccc(S(=O)N3CCCC3)cc2)c2c1CCC2. The lowest BCUT2D eigenvalue weighted by Gasteiger charge is -2.14. The van der Waals surface area contributed by atoms with Crippen LogP contribution in [0, 0.1) is 6.92 Å². The van der Waals surface area contributed by atoms with Gasteiger partial charge in [0.15, 0.2) is 0 Å². The number of carbonyl (C=O) groups is 1. The molecule has 4 rings (SSSR count). The van der Waals surface area contributed by atoms with Crippen molar-refractivity contribution in [1.29, 1.82) is 0 Å². The first-order chi connectivity index (χ1) is 14.1. The zero-order valence-electron chi connectivity index (χ0n) is 17.4. The molecule has 1 fully saturated rings. The highest BCUT2D eigenvalue weighted by Crippen LogP contribution is 2.32. The molecular formula is C23H30N2O3S. The van der Waals surface area contributed by atoms with Crippen molar-refractivity contribution in [2.45, 2.75) is 63.8 Å². The minimum absolute atomic E-state index is 0.166. The summed E-state index contributed by atoms with van der Waals surface area (Å²) in [7, 11) is -1.04. The minimum atomic E-state index is -1.04. The van der Waals surface area contributed by atoms with Crippen molar-refractivity contribution >= 4 is 17.0 Å². The van der Waals surface area contributed by atoms with Gasteiger partial charge in [-0.25, -0.2) is 8.51 Å². The van der Waals surface area contributed by atoms with Crippen LogP contribution in [0.4, 0.5) is 0 Å². The third-order valence-electron chi connectivity index (χ3n) is 6.12. The summed E-state index contributed by atoms with van der Waals surface area (Å²) >= 11 is 0. The van der Waals surface area contributed by atoms with E-state index in [2.05, 4.69) is 27.9 Å². The monoisotopic (exact) mass is 414 g/mol. The van der Waals surface area contributed by atoms with Gasteiger partial charge in [-0.1, -0.05) is 12.1 Å². The molecule has 0 spiro atoms. The lowest BCUT2D eigenvalue weighted by atomic mass is 10.0. The summed E-state index contributed by atoms with van der Waals surface area (Å²) in [5.74, 6) is -0.166. The summed E-state index contributed by atoms with van der Waals surface area (Å²) in [6.07, 6.45) is 6.38.